The van der Waals surface area contributed by atoms with Crippen molar-refractivity contribution in [2.24, 2.45) is 0 Å². The number of benzene rings is 2. The van der Waals surface area contributed by atoms with Crippen molar-refractivity contribution >= 4 is 39.3 Å². The molecule has 0 aliphatic heterocycles. The van der Waals surface area contributed by atoms with Crippen molar-refractivity contribution in [1.29, 1.82) is 0 Å². The lowest BCUT2D eigenvalue weighted by molar-refractivity contribution is 0.199. The van der Waals surface area contributed by atoms with Gasteiger partial charge in [0.2, 0.25) is 0 Å². The standard InChI is InChI=1S/C14H12BrClOS/c1-9(17)13-7-6-12(8-14(13)16)18-11-4-2-10(15)3-5-11/h2-9,17H,1H3. The van der Waals surface area contributed by atoms with E-state index in [9.17, 15) is 5.11 Å². The van der Waals surface area contributed by atoms with Gasteiger partial charge in [-0.3, -0.25) is 0 Å². The first kappa shape index (κ1) is 13.9. The first-order valence-electron chi connectivity index (χ1n) is 5.47. The third-order valence-electron chi connectivity index (χ3n) is 2.47. The number of halogens is 2. The predicted molar refractivity (Wildman–Crippen MR) is 80.4 cm³/mol. The number of aliphatic hydroxyl groups is 1. The third-order valence-corrected chi connectivity index (χ3v) is 4.32. The van der Waals surface area contributed by atoms with Crippen LogP contribution < -0.4 is 0 Å². The van der Waals surface area contributed by atoms with Gasteiger partial charge in [-0.2, -0.15) is 0 Å². The molecule has 0 amide bonds. The van der Waals surface area contributed by atoms with E-state index >= 15 is 0 Å². The Bertz CT molecular complexity index is 540. The van der Waals surface area contributed by atoms with Gasteiger partial charge in [-0.15, -0.1) is 0 Å². The van der Waals surface area contributed by atoms with Gasteiger partial charge in [0.25, 0.3) is 0 Å². The van der Waals surface area contributed by atoms with Crippen LogP contribution in [0.2, 0.25) is 5.02 Å². The molecule has 0 radical (unpaired) electrons. The van der Waals surface area contributed by atoms with Crippen molar-refractivity contribution in [3.63, 3.8) is 0 Å². The Morgan fingerprint density at radius 3 is 2.28 bits per heavy atom. The summed E-state index contributed by atoms with van der Waals surface area (Å²) in [4.78, 5) is 2.21. The van der Waals surface area contributed by atoms with E-state index in [1.54, 1.807) is 18.7 Å². The van der Waals surface area contributed by atoms with Gasteiger partial charge >= 0.3 is 0 Å². The monoisotopic (exact) mass is 342 g/mol. The molecule has 2 aromatic rings. The van der Waals surface area contributed by atoms with Gasteiger partial charge in [-0.25, -0.2) is 0 Å². The third kappa shape index (κ3) is 3.51. The zero-order valence-corrected chi connectivity index (χ0v) is 12.9. The normalized spacial score (nSPS) is 12.4. The molecule has 0 heterocycles. The fourth-order valence-electron chi connectivity index (χ4n) is 1.55. The molecule has 1 atom stereocenters. The van der Waals surface area contributed by atoms with Crippen LogP contribution in [0.4, 0.5) is 0 Å². The summed E-state index contributed by atoms with van der Waals surface area (Å²) in [5, 5.41) is 10.1. The second-order valence-electron chi connectivity index (χ2n) is 3.92. The Balaban J connectivity index is 2.20. The second-order valence-corrected chi connectivity index (χ2v) is 6.39. The second kappa shape index (κ2) is 6.11. The molecule has 0 spiro atoms. The quantitative estimate of drug-likeness (QED) is 0.815. The summed E-state index contributed by atoms with van der Waals surface area (Å²) in [5.74, 6) is 0. The number of hydrogen-bond donors (Lipinski definition) is 1. The average Bonchev–Trinajstić information content (AvgIpc) is 2.32. The van der Waals surface area contributed by atoms with E-state index in [-0.39, 0.29) is 0 Å². The van der Waals surface area contributed by atoms with Gasteiger partial charge in [0.1, 0.15) is 0 Å². The number of rotatable bonds is 3. The SMILES string of the molecule is CC(O)c1ccc(Sc2ccc(Br)cc2)cc1Cl. The highest BCUT2D eigenvalue weighted by atomic mass is 79.9. The Morgan fingerprint density at radius 1 is 1.11 bits per heavy atom. The largest absolute Gasteiger partial charge is 0.389 e. The van der Waals surface area contributed by atoms with Crippen molar-refractivity contribution in [1.82, 2.24) is 0 Å². The minimum absolute atomic E-state index is 0.538. The van der Waals surface area contributed by atoms with Gasteiger partial charge in [0, 0.05) is 19.3 Å². The van der Waals surface area contributed by atoms with Crippen LogP contribution in [0.1, 0.15) is 18.6 Å². The van der Waals surface area contributed by atoms with Crippen molar-refractivity contribution in [2.75, 3.05) is 0 Å². The lowest BCUT2D eigenvalue weighted by Crippen LogP contribution is -1.91. The van der Waals surface area contributed by atoms with Gasteiger partial charge in [-0.05, 0) is 48.9 Å². The fraction of sp³-hybridized carbons (Fsp3) is 0.143. The van der Waals surface area contributed by atoms with E-state index in [2.05, 4.69) is 15.9 Å². The molecule has 0 aliphatic rings. The van der Waals surface area contributed by atoms with E-state index in [4.69, 9.17) is 11.6 Å². The Hall–Kier alpha value is -0.480. The molecule has 1 N–H and O–H groups in total. The highest BCUT2D eigenvalue weighted by molar-refractivity contribution is 9.10. The highest BCUT2D eigenvalue weighted by Gasteiger charge is 2.07. The molecule has 0 bridgehead atoms. The van der Waals surface area contributed by atoms with Gasteiger partial charge in [-0.1, -0.05) is 45.4 Å². The summed E-state index contributed by atoms with van der Waals surface area (Å²) in [7, 11) is 0. The van der Waals surface area contributed by atoms with Crippen LogP contribution in [-0.4, -0.2) is 5.11 Å². The van der Waals surface area contributed by atoms with Crippen LogP contribution in [0.15, 0.2) is 56.7 Å². The number of aliphatic hydroxyl groups excluding tert-OH is 1. The van der Waals surface area contributed by atoms with Crippen LogP contribution in [0.25, 0.3) is 0 Å². The number of hydrogen-bond acceptors (Lipinski definition) is 2. The van der Waals surface area contributed by atoms with E-state index < -0.39 is 6.10 Å². The van der Waals surface area contributed by atoms with Gasteiger partial charge < -0.3 is 5.11 Å². The molecule has 0 aliphatic carbocycles. The lowest BCUT2D eigenvalue weighted by Gasteiger charge is -2.09. The Kier molecular flexibility index (Phi) is 4.73. The summed E-state index contributed by atoms with van der Waals surface area (Å²) in [6, 6.07) is 13.8. The van der Waals surface area contributed by atoms with Crippen molar-refractivity contribution in [2.45, 2.75) is 22.8 Å². The molecule has 0 saturated heterocycles. The molecule has 1 nitrogen and oxygen atoms in total. The minimum atomic E-state index is -0.538. The lowest BCUT2D eigenvalue weighted by atomic mass is 10.1. The van der Waals surface area contributed by atoms with E-state index in [0.717, 1.165) is 19.8 Å². The van der Waals surface area contributed by atoms with Crippen LogP contribution in [0.5, 0.6) is 0 Å². The molecule has 94 valence electrons. The molecular formula is C14H12BrClOS. The van der Waals surface area contributed by atoms with E-state index in [0.29, 0.717) is 5.02 Å². The summed E-state index contributed by atoms with van der Waals surface area (Å²) < 4.78 is 1.06. The summed E-state index contributed by atoms with van der Waals surface area (Å²) >= 11 is 11.2. The van der Waals surface area contributed by atoms with Gasteiger partial charge in [0.15, 0.2) is 0 Å². The Labute approximate surface area is 124 Å². The molecule has 4 heteroatoms. The molecule has 0 aromatic heterocycles. The van der Waals surface area contributed by atoms with Crippen LogP contribution >= 0.6 is 39.3 Å². The average molecular weight is 344 g/mol. The maximum absolute atomic E-state index is 9.52. The summed E-state index contributed by atoms with van der Waals surface area (Å²) in [6.07, 6.45) is -0.538. The first-order chi connectivity index (χ1) is 8.56. The minimum Gasteiger partial charge on any atom is -0.389 e. The molecule has 1 unspecified atom stereocenters. The summed E-state index contributed by atoms with van der Waals surface area (Å²) in [5.41, 5.74) is 0.761. The van der Waals surface area contributed by atoms with Crippen molar-refractivity contribution < 1.29 is 5.11 Å². The molecule has 2 aromatic carbocycles. The predicted octanol–water partition coefficient (Wildman–Crippen LogP) is 5.31. The Morgan fingerprint density at radius 2 is 1.72 bits per heavy atom. The smallest absolute Gasteiger partial charge is 0.0776 e. The van der Waals surface area contributed by atoms with Crippen molar-refractivity contribution in [3.8, 4) is 0 Å². The maximum atomic E-state index is 9.52. The van der Waals surface area contributed by atoms with Gasteiger partial charge in [0.05, 0.1) is 6.10 Å². The zero-order valence-electron chi connectivity index (χ0n) is 9.73. The topological polar surface area (TPSA) is 20.2 Å². The van der Waals surface area contributed by atoms with Crippen LogP contribution in [-0.2, 0) is 0 Å². The van der Waals surface area contributed by atoms with E-state index in [1.807, 2.05) is 42.5 Å². The molecule has 0 fully saturated rings. The maximum Gasteiger partial charge on any atom is 0.0776 e. The summed E-state index contributed by atoms with van der Waals surface area (Å²) in [6.45, 7) is 1.71. The molecular weight excluding hydrogens is 332 g/mol. The fourth-order valence-corrected chi connectivity index (χ4v) is 3.07. The van der Waals surface area contributed by atoms with Crippen LogP contribution in [0, 0.1) is 0 Å². The van der Waals surface area contributed by atoms with E-state index in [1.165, 1.54) is 0 Å². The van der Waals surface area contributed by atoms with Crippen LogP contribution in [0.3, 0.4) is 0 Å². The van der Waals surface area contributed by atoms with Crippen molar-refractivity contribution in [3.05, 3.63) is 57.5 Å². The zero-order chi connectivity index (χ0) is 13.1. The highest BCUT2D eigenvalue weighted by Crippen LogP contribution is 2.33. The first-order valence-corrected chi connectivity index (χ1v) is 7.46. The molecule has 0 saturated carbocycles. The molecule has 18 heavy (non-hydrogen) atoms. The molecule has 2 rings (SSSR count).